The Hall–Kier alpha value is -2.28. The summed E-state index contributed by atoms with van der Waals surface area (Å²) in [7, 11) is 1.55. The Morgan fingerprint density at radius 3 is 2.67 bits per heavy atom. The Labute approximate surface area is 172 Å². The Morgan fingerprint density at radius 1 is 1.19 bits per heavy atom. The third-order valence-electron chi connectivity index (χ3n) is 4.16. The maximum atomic E-state index is 13.1. The van der Waals surface area contributed by atoms with Crippen LogP contribution >= 0.6 is 35.4 Å². The smallest absolute Gasteiger partial charge is 0.255 e. The maximum absolute atomic E-state index is 13.1. The van der Waals surface area contributed by atoms with Crippen molar-refractivity contribution in [2.45, 2.75) is 13.0 Å². The van der Waals surface area contributed by atoms with Gasteiger partial charge in [0, 0.05) is 5.70 Å². The molecule has 1 aliphatic rings. The van der Waals surface area contributed by atoms with Crippen LogP contribution in [0.1, 0.15) is 18.5 Å². The third-order valence-corrected chi connectivity index (χ3v) is 5.21. The molecule has 1 unspecified atom stereocenters. The summed E-state index contributed by atoms with van der Waals surface area (Å²) in [5.74, 6) is 0.259. The molecular weight excluding hydrogens is 405 g/mol. The molecule has 1 heterocycles. The number of para-hydroxylation sites is 2. The molecule has 0 radical (unpaired) electrons. The summed E-state index contributed by atoms with van der Waals surface area (Å²) in [4.78, 5) is 13.1. The summed E-state index contributed by atoms with van der Waals surface area (Å²) in [5.41, 5.74) is 2.32. The summed E-state index contributed by atoms with van der Waals surface area (Å²) >= 11 is 17.8. The molecule has 2 aromatic rings. The molecule has 0 aromatic heterocycles. The molecule has 1 atom stereocenters. The molecule has 0 bridgehead atoms. The van der Waals surface area contributed by atoms with Crippen LogP contribution in [0.4, 0.5) is 5.69 Å². The van der Waals surface area contributed by atoms with E-state index in [0.29, 0.717) is 43.4 Å². The Balaban J connectivity index is 2.01. The van der Waals surface area contributed by atoms with E-state index in [4.69, 9.17) is 40.2 Å². The van der Waals surface area contributed by atoms with E-state index in [1.54, 1.807) is 38.3 Å². The number of hydrogen-bond acceptors (Lipinski definition) is 3. The molecule has 3 N–H and O–H groups in total. The lowest BCUT2D eigenvalue weighted by Gasteiger charge is -2.31. The summed E-state index contributed by atoms with van der Waals surface area (Å²) < 4.78 is 5.30. The normalized spacial score (nSPS) is 16.4. The zero-order valence-corrected chi connectivity index (χ0v) is 16.9. The topological polar surface area (TPSA) is 62.4 Å². The number of rotatable bonds is 4. The lowest BCUT2D eigenvalue weighted by molar-refractivity contribution is -0.113. The van der Waals surface area contributed by atoms with Crippen LogP contribution in [0.25, 0.3) is 0 Å². The Bertz CT molecular complexity index is 946. The third kappa shape index (κ3) is 4.03. The van der Waals surface area contributed by atoms with Crippen LogP contribution in [0.3, 0.4) is 0 Å². The highest BCUT2D eigenvalue weighted by atomic mass is 35.5. The summed E-state index contributed by atoms with van der Waals surface area (Å²) in [6.07, 6.45) is 0. The second kappa shape index (κ2) is 8.17. The average Bonchev–Trinajstić information content (AvgIpc) is 2.63. The second-order valence-corrected chi connectivity index (χ2v) is 7.06. The van der Waals surface area contributed by atoms with Crippen molar-refractivity contribution in [1.29, 1.82) is 0 Å². The number of halogens is 2. The number of anilines is 1. The predicted molar refractivity (Wildman–Crippen MR) is 112 cm³/mol. The molecule has 3 rings (SSSR count). The first-order chi connectivity index (χ1) is 12.9. The van der Waals surface area contributed by atoms with Gasteiger partial charge in [0.2, 0.25) is 0 Å². The van der Waals surface area contributed by atoms with Crippen LogP contribution in [-0.4, -0.2) is 18.1 Å². The second-order valence-electron chi connectivity index (χ2n) is 5.87. The number of carbonyl (C=O) groups is 1. The fraction of sp³-hybridized carbons (Fsp3) is 0.158. The number of benzene rings is 2. The largest absolute Gasteiger partial charge is 0.495 e. The number of allylic oxidation sites excluding steroid dienone is 1. The van der Waals surface area contributed by atoms with Crippen molar-refractivity contribution < 1.29 is 9.53 Å². The molecule has 0 spiro atoms. The molecule has 1 amide bonds. The van der Waals surface area contributed by atoms with Crippen molar-refractivity contribution in [3.63, 3.8) is 0 Å². The predicted octanol–water partition coefficient (Wildman–Crippen LogP) is 4.43. The van der Waals surface area contributed by atoms with Gasteiger partial charge < -0.3 is 20.7 Å². The quantitative estimate of drug-likeness (QED) is 0.637. The lowest BCUT2D eigenvalue weighted by Crippen LogP contribution is -2.45. The van der Waals surface area contributed by atoms with Crippen molar-refractivity contribution in [2.75, 3.05) is 12.4 Å². The molecule has 140 valence electrons. The van der Waals surface area contributed by atoms with Gasteiger partial charge in [-0.05, 0) is 42.9 Å². The van der Waals surface area contributed by atoms with E-state index in [-0.39, 0.29) is 5.91 Å². The highest BCUT2D eigenvalue weighted by molar-refractivity contribution is 7.80. The van der Waals surface area contributed by atoms with E-state index in [0.717, 1.165) is 0 Å². The van der Waals surface area contributed by atoms with Crippen molar-refractivity contribution in [2.24, 2.45) is 0 Å². The molecule has 8 heteroatoms. The van der Waals surface area contributed by atoms with Crippen molar-refractivity contribution >= 4 is 52.1 Å². The monoisotopic (exact) mass is 421 g/mol. The maximum Gasteiger partial charge on any atom is 0.255 e. The first-order valence-electron chi connectivity index (χ1n) is 8.09. The number of amides is 1. The minimum Gasteiger partial charge on any atom is -0.495 e. The van der Waals surface area contributed by atoms with E-state index in [9.17, 15) is 4.79 Å². The molecule has 0 aliphatic carbocycles. The van der Waals surface area contributed by atoms with E-state index in [1.165, 1.54) is 0 Å². The minimum atomic E-state index is -0.542. The first kappa shape index (κ1) is 19.5. The van der Waals surface area contributed by atoms with Gasteiger partial charge in [0.05, 0.1) is 34.5 Å². The highest BCUT2D eigenvalue weighted by Gasteiger charge is 2.31. The van der Waals surface area contributed by atoms with Gasteiger partial charge in [-0.1, -0.05) is 47.5 Å². The molecule has 1 aliphatic heterocycles. The Morgan fingerprint density at radius 2 is 1.93 bits per heavy atom. The van der Waals surface area contributed by atoms with Gasteiger partial charge in [-0.15, -0.1) is 0 Å². The molecule has 27 heavy (non-hydrogen) atoms. The SMILES string of the molecule is COc1ccccc1NC(=O)C1=C(C)NC(=S)NC1c1cccc(Cl)c1Cl. The van der Waals surface area contributed by atoms with Crippen LogP contribution in [0.15, 0.2) is 53.7 Å². The zero-order valence-electron chi connectivity index (χ0n) is 14.6. The zero-order chi connectivity index (χ0) is 19.6. The number of ether oxygens (including phenoxy) is 1. The number of carbonyl (C=O) groups excluding carboxylic acids is 1. The molecule has 5 nitrogen and oxygen atoms in total. The molecule has 0 fully saturated rings. The number of thiocarbonyl (C=S) groups is 1. The van der Waals surface area contributed by atoms with E-state index < -0.39 is 6.04 Å². The number of methoxy groups -OCH3 is 1. The van der Waals surface area contributed by atoms with Crippen LogP contribution in [0, 0.1) is 0 Å². The number of hydrogen-bond donors (Lipinski definition) is 3. The van der Waals surface area contributed by atoms with Gasteiger partial charge in [-0.3, -0.25) is 4.79 Å². The lowest BCUT2D eigenvalue weighted by atomic mass is 9.94. The molecule has 0 saturated carbocycles. The van der Waals surface area contributed by atoms with Gasteiger partial charge in [0.1, 0.15) is 5.75 Å². The van der Waals surface area contributed by atoms with E-state index >= 15 is 0 Å². The van der Waals surface area contributed by atoms with Crippen LogP contribution in [0.2, 0.25) is 10.0 Å². The summed E-state index contributed by atoms with van der Waals surface area (Å²) in [5, 5.41) is 10.2. The van der Waals surface area contributed by atoms with Gasteiger partial charge in [-0.2, -0.15) is 0 Å². The standard InChI is InChI=1S/C19H17Cl2N3O2S/c1-10-15(18(25)23-13-8-3-4-9-14(13)26-2)17(24-19(27)22-10)11-6-5-7-12(20)16(11)21/h3-9,17H,1-2H3,(H,23,25)(H2,22,24,27). The average molecular weight is 422 g/mol. The molecule has 2 aromatic carbocycles. The number of nitrogens with one attached hydrogen (secondary N) is 3. The first-order valence-corrected chi connectivity index (χ1v) is 9.25. The van der Waals surface area contributed by atoms with Gasteiger partial charge >= 0.3 is 0 Å². The van der Waals surface area contributed by atoms with Gasteiger partial charge in [0.25, 0.3) is 5.91 Å². The van der Waals surface area contributed by atoms with Crippen molar-refractivity contribution in [1.82, 2.24) is 10.6 Å². The van der Waals surface area contributed by atoms with Crippen molar-refractivity contribution in [3.8, 4) is 5.75 Å². The van der Waals surface area contributed by atoms with E-state index in [1.807, 2.05) is 18.2 Å². The van der Waals surface area contributed by atoms with Crippen molar-refractivity contribution in [3.05, 3.63) is 69.3 Å². The van der Waals surface area contributed by atoms with Crippen LogP contribution in [-0.2, 0) is 4.79 Å². The van der Waals surface area contributed by atoms with Gasteiger partial charge in [0.15, 0.2) is 5.11 Å². The highest BCUT2D eigenvalue weighted by Crippen LogP contribution is 2.36. The fourth-order valence-electron chi connectivity index (χ4n) is 2.91. The molecular formula is C19H17Cl2N3O2S. The van der Waals surface area contributed by atoms with Crippen LogP contribution < -0.4 is 20.7 Å². The molecule has 0 saturated heterocycles. The summed E-state index contributed by atoms with van der Waals surface area (Å²) in [6.45, 7) is 1.79. The van der Waals surface area contributed by atoms with E-state index in [2.05, 4.69) is 16.0 Å². The van der Waals surface area contributed by atoms with Crippen LogP contribution in [0.5, 0.6) is 5.75 Å². The fourth-order valence-corrected chi connectivity index (χ4v) is 3.60. The summed E-state index contributed by atoms with van der Waals surface area (Å²) in [6, 6.07) is 11.9. The van der Waals surface area contributed by atoms with Gasteiger partial charge in [-0.25, -0.2) is 0 Å². The Kier molecular flexibility index (Phi) is 5.89. The minimum absolute atomic E-state index is 0.305.